The van der Waals surface area contributed by atoms with E-state index in [4.69, 9.17) is 21.4 Å². The third-order valence-corrected chi connectivity index (χ3v) is 5.91. The maximum atomic E-state index is 10.4. The van der Waals surface area contributed by atoms with Gasteiger partial charge >= 0.3 is 0 Å². The number of para-hydroxylation sites is 1. The number of hydrazone groups is 1. The molecule has 0 fully saturated rings. The molecular weight excluding hydrogens is 368 g/mol. The number of rotatable bonds is 2. The maximum absolute atomic E-state index is 10.4. The lowest BCUT2D eigenvalue weighted by Crippen LogP contribution is -2.33. The Kier molecular flexibility index (Phi) is 3.65. The first-order chi connectivity index (χ1) is 12.7. The molecule has 2 aliphatic rings. The number of hydrogen-bond acceptors (Lipinski definition) is 5. The average molecular weight is 383 g/mol. The Morgan fingerprint density at radius 3 is 2.85 bits per heavy atom. The van der Waals surface area contributed by atoms with Gasteiger partial charge in [0.1, 0.15) is 11.5 Å². The summed E-state index contributed by atoms with van der Waals surface area (Å²) < 4.78 is 6.24. The Labute approximate surface area is 159 Å². The van der Waals surface area contributed by atoms with E-state index in [1.807, 2.05) is 29.3 Å². The third-order valence-electron chi connectivity index (χ3n) is 4.76. The highest BCUT2D eigenvalue weighted by molar-refractivity contribution is 7.12. The number of nitrogens with zero attached hydrogens (tertiary/aromatic N) is 2. The molecule has 0 spiro atoms. The highest BCUT2D eigenvalue weighted by Gasteiger charge is 2.41. The average Bonchev–Trinajstić information content (AvgIpc) is 3.32. The summed E-state index contributed by atoms with van der Waals surface area (Å²) in [6, 6.07) is 17.2. The summed E-state index contributed by atoms with van der Waals surface area (Å²) in [5, 5.41) is 19.8. The second-order valence-electron chi connectivity index (χ2n) is 6.34. The van der Waals surface area contributed by atoms with Gasteiger partial charge in [-0.05, 0) is 35.7 Å². The molecule has 3 aromatic rings. The minimum absolute atomic E-state index is 0.0698. The summed E-state index contributed by atoms with van der Waals surface area (Å²) in [6.07, 6.45) is 0.282. The van der Waals surface area contributed by atoms with Crippen LogP contribution in [0, 0.1) is 0 Å². The molecule has 1 aromatic heterocycles. The number of aromatic hydroxyl groups is 1. The van der Waals surface area contributed by atoms with E-state index in [0.29, 0.717) is 10.6 Å². The molecule has 0 unspecified atom stereocenters. The van der Waals surface area contributed by atoms with Crippen molar-refractivity contribution >= 4 is 28.6 Å². The molecule has 0 radical (unpaired) electrons. The van der Waals surface area contributed by atoms with Crippen LogP contribution in [0.5, 0.6) is 11.5 Å². The summed E-state index contributed by atoms with van der Waals surface area (Å²) in [6.45, 7) is 0. The molecule has 2 atom stereocenters. The fourth-order valence-electron chi connectivity index (χ4n) is 3.55. The molecule has 2 aliphatic heterocycles. The van der Waals surface area contributed by atoms with Crippen LogP contribution in [-0.2, 0) is 0 Å². The van der Waals surface area contributed by atoms with Gasteiger partial charge < -0.3 is 9.84 Å². The summed E-state index contributed by atoms with van der Waals surface area (Å²) in [7, 11) is 0. The van der Waals surface area contributed by atoms with E-state index in [0.717, 1.165) is 28.3 Å². The first-order valence-corrected chi connectivity index (χ1v) is 9.60. The van der Waals surface area contributed by atoms with Gasteiger partial charge in [-0.3, -0.25) is 0 Å². The van der Waals surface area contributed by atoms with Crippen LogP contribution in [0.2, 0.25) is 5.02 Å². The van der Waals surface area contributed by atoms with Crippen LogP contribution in [0.3, 0.4) is 0 Å². The van der Waals surface area contributed by atoms with Crippen molar-refractivity contribution in [1.82, 2.24) is 5.01 Å². The molecule has 1 N–H and O–H groups in total. The van der Waals surface area contributed by atoms with Gasteiger partial charge in [0.15, 0.2) is 0 Å². The minimum atomic E-state index is -0.522. The summed E-state index contributed by atoms with van der Waals surface area (Å²) in [5.41, 5.74) is 2.77. The molecule has 26 heavy (non-hydrogen) atoms. The monoisotopic (exact) mass is 382 g/mol. The topological polar surface area (TPSA) is 45.1 Å². The Morgan fingerprint density at radius 1 is 1.12 bits per heavy atom. The van der Waals surface area contributed by atoms with Crippen molar-refractivity contribution in [2.75, 3.05) is 0 Å². The fraction of sp³-hybridized carbons (Fsp3) is 0.150. The highest BCUT2D eigenvalue weighted by atomic mass is 35.5. The van der Waals surface area contributed by atoms with Gasteiger partial charge in [0.05, 0.1) is 22.2 Å². The lowest BCUT2D eigenvalue weighted by molar-refractivity contribution is -0.0203. The SMILES string of the molecule is Oc1ccc(Cl)cc1[C@@H]1Oc2ccccc2[C@@H]2CC(c3cccs3)=NN21. The number of hydrogen-bond donors (Lipinski definition) is 1. The van der Waals surface area contributed by atoms with Gasteiger partial charge in [-0.2, -0.15) is 5.10 Å². The Bertz CT molecular complexity index is 1000. The van der Waals surface area contributed by atoms with Crippen LogP contribution in [0.15, 0.2) is 65.1 Å². The number of phenolic OH excluding ortho intramolecular Hbond substituents is 1. The molecule has 5 rings (SSSR count). The number of phenols is 1. The van der Waals surface area contributed by atoms with Gasteiger partial charge in [0.2, 0.25) is 6.23 Å². The smallest absolute Gasteiger partial charge is 0.217 e. The first-order valence-electron chi connectivity index (χ1n) is 8.34. The molecule has 3 heterocycles. The Hall–Kier alpha value is -2.50. The molecule has 0 aliphatic carbocycles. The Balaban J connectivity index is 1.64. The zero-order valence-electron chi connectivity index (χ0n) is 13.7. The van der Waals surface area contributed by atoms with Crippen LogP contribution in [0.25, 0.3) is 0 Å². The van der Waals surface area contributed by atoms with Crippen molar-refractivity contribution in [3.05, 3.63) is 81.0 Å². The molecule has 6 heteroatoms. The number of thiophene rings is 1. The predicted octanol–water partition coefficient (Wildman–Crippen LogP) is 5.35. The van der Waals surface area contributed by atoms with Gasteiger partial charge in [0.25, 0.3) is 0 Å². The number of fused-ring (bicyclic) bond motifs is 3. The first kappa shape index (κ1) is 15.7. The van der Waals surface area contributed by atoms with E-state index >= 15 is 0 Å². The van der Waals surface area contributed by atoms with E-state index < -0.39 is 6.23 Å². The van der Waals surface area contributed by atoms with Crippen molar-refractivity contribution in [3.8, 4) is 11.5 Å². The predicted molar refractivity (Wildman–Crippen MR) is 103 cm³/mol. The van der Waals surface area contributed by atoms with Crippen molar-refractivity contribution in [1.29, 1.82) is 0 Å². The van der Waals surface area contributed by atoms with Gasteiger partial charge in [-0.15, -0.1) is 11.3 Å². The van der Waals surface area contributed by atoms with Crippen molar-refractivity contribution in [2.45, 2.75) is 18.7 Å². The summed E-state index contributed by atoms with van der Waals surface area (Å²) in [4.78, 5) is 1.16. The minimum Gasteiger partial charge on any atom is -0.507 e. The van der Waals surface area contributed by atoms with Crippen molar-refractivity contribution in [3.63, 3.8) is 0 Å². The molecule has 130 valence electrons. The van der Waals surface area contributed by atoms with Crippen LogP contribution in [0.1, 0.15) is 34.7 Å². The molecular formula is C20H15ClN2O2S. The van der Waals surface area contributed by atoms with Crippen LogP contribution < -0.4 is 4.74 Å². The molecule has 0 saturated carbocycles. The van der Waals surface area contributed by atoms with Crippen molar-refractivity contribution in [2.24, 2.45) is 5.10 Å². The standard InChI is InChI=1S/C20H15ClN2O2S/c21-12-7-8-17(24)14(10-12)20-23-16(13-4-1-2-5-18(13)25-20)11-15(22-23)19-6-3-9-26-19/h1-10,16,20,24H,11H2/t16-,20-/m0/s1. The molecule has 0 amide bonds. The zero-order chi connectivity index (χ0) is 17.7. The second kappa shape index (κ2) is 6.04. The van der Waals surface area contributed by atoms with Gasteiger partial charge in [-0.25, -0.2) is 5.01 Å². The number of benzene rings is 2. The fourth-order valence-corrected chi connectivity index (χ4v) is 4.46. The molecule has 2 aromatic carbocycles. The van der Waals surface area contributed by atoms with E-state index in [1.165, 1.54) is 0 Å². The summed E-state index contributed by atoms with van der Waals surface area (Å²) in [5.74, 6) is 0.970. The normalized spacial score (nSPS) is 21.0. The van der Waals surface area contributed by atoms with E-state index in [9.17, 15) is 5.11 Å². The molecule has 0 bridgehead atoms. The Morgan fingerprint density at radius 2 is 2.00 bits per heavy atom. The molecule has 0 saturated heterocycles. The van der Waals surface area contributed by atoms with Crippen LogP contribution in [-0.4, -0.2) is 15.8 Å². The number of ether oxygens (including phenoxy) is 1. The van der Waals surface area contributed by atoms with Gasteiger partial charge in [-0.1, -0.05) is 35.9 Å². The highest BCUT2D eigenvalue weighted by Crippen LogP contribution is 2.49. The third kappa shape index (κ3) is 2.47. The summed E-state index contributed by atoms with van der Waals surface area (Å²) >= 11 is 7.85. The lowest BCUT2D eigenvalue weighted by Gasteiger charge is -2.38. The largest absolute Gasteiger partial charge is 0.507 e. The zero-order valence-corrected chi connectivity index (χ0v) is 15.2. The van der Waals surface area contributed by atoms with E-state index in [2.05, 4.69) is 17.5 Å². The quantitative estimate of drug-likeness (QED) is 0.649. The van der Waals surface area contributed by atoms with Crippen LogP contribution >= 0.6 is 22.9 Å². The van der Waals surface area contributed by atoms with E-state index in [1.54, 1.807) is 29.5 Å². The molecule has 4 nitrogen and oxygen atoms in total. The van der Waals surface area contributed by atoms with Crippen LogP contribution in [0.4, 0.5) is 0 Å². The van der Waals surface area contributed by atoms with E-state index in [-0.39, 0.29) is 11.8 Å². The second-order valence-corrected chi connectivity index (χ2v) is 7.72. The van der Waals surface area contributed by atoms with Gasteiger partial charge in [0, 0.05) is 17.0 Å². The lowest BCUT2D eigenvalue weighted by atomic mass is 9.97. The maximum Gasteiger partial charge on any atom is 0.217 e. The van der Waals surface area contributed by atoms with Crippen molar-refractivity contribution < 1.29 is 9.84 Å². The number of halogens is 1.